The van der Waals surface area contributed by atoms with Crippen LogP contribution in [0.2, 0.25) is 0 Å². The molecule has 0 unspecified atom stereocenters. The van der Waals surface area contributed by atoms with E-state index in [0.29, 0.717) is 18.5 Å². The highest BCUT2D eigenvalue weighted by Crippen LogP contribution is 2.18. The molecule has 3 rings (SSSR count). The van der Waals surface area contributed by atoms with E-state index in [9.17, 15) is 9.59 Å². The summed E-state index contributed by atoms with van der Waals surface area (Å²) in [5.74, 6) is -0.537. The second-order valence-corrected chi connectivity index (χ2v) is 5.46. The van der Waals surface area contributed by atoms with Crippen LogP contribution in [0.25, 0.3) is 10.8 Å². The molecule has 1 atom stereocenters. The lowest BCUT2D eigenvalue weighted by atomic mass is 10.1. The molecule has 1 aliphatic heterocycles. The first-order valence-corrected chi connectivity index (χ1v) is 7.51. The van der Waals surface area contributed by atoms with E-state index in [1.807, 2.05) is 12.1 Å². The maximum atomic E-state index is 12.4. The Morgan fingerprint density at radius 2 is 2.26 bits per heavy atom. The van der Waals surface area contributed by atoms with Crippen LogP contribution in [-0.4, -0.2) is 40.8 Å². The first-order chi connectivity index (χ1) is 11.2. The van der Waals surface area contributed by atoms with Crippen molar-refractivity contribution in [3.05, 3.63) is 42.2 Å². The van der Waals surface area contributed by atoms with Gasteiger partial charge >= 0.3 is 0 Å². The molecule has 1 aromatic heterocycles. The number of hydrogen-bond donors (Lipinski definition) is 1. The number of carbonyl (C=O) groups is 2. The number of rotatable bonds is 3. The summed E-state index contributed by atoms with van der Waals surface area (Å²) in [5.41, 5.74) is 0.488. The van der Waals surface area contributed by atoms with Gasteiger partial charge in [-0.3, -0.25) is 14.6 Å². The monoisotopic (exact) mass is 308 g/mol. The van der Waals surface area contributed by atoms with E-state index in [0.717, 1.165) is 17.2 Å². The van der Waals surface area contributed by atoms with E-state index in [1.165, 1.54) is 4.90 Å². The van der Waals surface area contributed by atoms with Crippen LogP contribution in [0.3, 0.4) is 0 Å². The van der Waals surface area contributed by atoms with Gasteiger partial charge in [0.25, 0.3) is 5.91 Å². The molecule has 1 aromatic carbocycles. The average Bonchev–Trinajstić information content (AvgIpc) is 3.07. The summed E-state index contributed by atoms with van der Waals surface area (Å²) in [7, 11) is 0. The van der Waals surface area contributed by atoms with Crippen molar-refractivity contribution in [1.82, 2.24) is 15.2 Å². The van der Waals surface area contributed by atoms with E-state index in [-0.39, 0.29) is 24.4 Å². The molecule has 1 saturated heterocycles. The second-order valence-electron chi connectivity index (χ2n) is 5.46. The number of nitriles is 1. The molecule has 0 aliphatic carbocycles. The molecule has 1 fully saturated rings. The predicted molar refractivity (Wildman–Crippen MR) is 84.4 cm³/mol. The van der Waals surface area contributed by atoms with Crippen LogP contribution in [0.5, 0.6) is 0 Å². The summed E-state index contributed by atoms with van der Waals surface area (Å²) < 4.78 is 0. The van der Waals surface area contributed by atoms with Crippen LogP contribution in [0, 0.1) is 11.3 Å². The summed E-state index contributed by atoms with van der Waals surface area (Å²) >= 11 is 0. The fourth-order valence-corrected chi connectivity index (χ4v) is 2.86. The van der Waals surface area contributed by atoms with E-state index >= 15 is 0 Å². The predicted octanol–water partition coefficient (Wildman–Crippen LogP) is 1.48. The van der Waals surface area contributed by atoms with Gasteiger partial charge in [0, 0.05) is 29.9 Å². The Kier molecular flexibility index (Phi) is 4.20. The van der Waals surface area contributed by atoms with Gasteiger partial charge in [0.15, 0.2) is 0 Å². The lowest BCUT2D eigenvalue weighted by Gasteiger charge is -2.19. The fourth-order valence-electron chi connectivity index (χ4n) is 2.86. The van der Waals surface area contributed by atoms with Crippen LogP contribution in [0.1, 0.15) is 23.2 Å². The number of nitrogens with zero attached hydrogens (tertiary/aromatic N) is 3. The summed E-state index contributed by atoms with van der Waals surface area (Å²) in [6.07, 6.45) is 4.83. The number of likely N-dealkylation sites (tertiary alicyclic amines) is 1. The average molecular weight is 308 g/mol. The number of carbonyl (C=O) groups excluding carboxylic acids is 2. The highest BCUT2D eigenvalue weighted by molar-refractivity contribution is 6.07. The molecule has 2 aromatic rings. The van der Waals surface area contributed by atoms with Gasteiger partial charge in [-0.1, -0.05) is 12.1 Å². The lowest BCUT2D eigenvalue weighted by molar-refractivity contribution is -0.130. The van der Waals surface area contributed by atoms with E-state index in [4.69, 9.17) is 5.26 Å². The summed E-state index contributed by atoms with van der Waals surface area (Å²) in [6, 6.07) is 8.99. The van der Waals surface area contributed by atoms with E-state index < -0.39 is 0 Å². The topological polar surface area (TPSA) is 86.1 Å². The SMILES string of the molecule is N#C[C@@H]1CCCN1C(=O)CNC(=O)c1cccc2ccncc12. The van der Waals surface area contributed by atoms with E-state index in [1.54, 1.807) is 24.5 Å². The highest BCUT2D eigenvalue weighted by Gasteiger charge is 2.28. The van der Waals surface area contributed by atoms with Crippen molar-refractivity contribution in [2.24, 2.45) is 0 Å². The number of fused-ring (bicyclic) bond motifs is 1. The van der Waals surface area contributed by atoms with E-state index in [2.05, 4.69) is 16.4 Å². The third-order valence-corrected chi connectivity index (χ3v) is 4.05. The first kappa shape index (κ1) is 15.0. The minimum atomic E-state index is -0.374. The van der Waals surface area contributed by atoms with Crippen molar-refractivity contribution in [1.29, 1.82) is 5.26 Å². The number of pyridine rings is 1. The molecule has 1 N–H and O–H groups in total. The maximum Gasteiger partial charge on any atom is 0.252 e. The van der Waals surface area contributed by atoms with Crippen molar-refractivity contribution in [3.8, 4) is 6.07 Å². The minimum Gasteiger partial charge on any atom is -0.343 e. The zero-order chi connectivity index (χ0) is 16.2. The molecule has 0 bridgehead atoms. The van der Waals surface area contributed by atoms with Crippen LogP contribution < -0.4 is 5.32 Å². The Labute approximate surface area is 133 Å². The summed E-state index contributed by atoms with van der Waals surface area (Å²) in [5, 5.41) is 13.3. The fraction of sp³-hybridized carbons (Fsp3) is 0.294. The van der Waals surface area contributed by atoms with Crippen LogP contribution in [-0.2, 0) is 4.79 Å². The van der Waals surface area contributed by atoms with Crippen LogP contribution >= 0.6 is 0 Å². The van der Waals surface area contributed by atoms with Crippen LogP contribution in [0.15, 0.2) is 36.7 Å². The normalized spacial score (nSPS) is 17.0. The third kappa shape index (κ3) is 2.99. The molecule has 2 heterocycles. The summed E-state index contributed by atoms with van der Waals surface area (Å²) in [4.78, 5) is 30.1. The molecule has 23 heavy (non-hydrogen) atoms. The Balaban J connectivity index is 1.70. The van der Waals surface area contributed by atoms with Gasteiger partial charge in [-0.25, -0.2) is 0 Å². The van der Waals surface area contributed by atoms with Crippen molar-refractivity contribution >= 4 is 22.6 Å². The zero-order valence-corrected chi connectivity index (χ0v) is 12.5. The molecule has 0 saturated carbocycles. The molecule has 2 amide bonds. The molecular formula is C17H16N4O2. The number of aromatic nitrogens is 1. The third-order valence-electron chi connectivity index (χ3n) is 4.05. The molecule has 1 aliphatic rings. The van der Waals surface area contributed by atoms with Crippen molar-refractivity contribution in [2.45, 2.75) is 18.9 Å². The van der Waals surface area contributed by atoms with Gasteiger partial charge in [-0.15, -0.1) is 0 Å². The Bertz CT molecular complexity index is 791. The van der Waals surface area contributed by atoms with Crippen molar-refractivity contribution in [2.75, 3.05) is 13.1 Å². The first-order valence-electron chi connectivity index (χ1n) is 7.51. The van der Waals surface area contributed by atoms with Gasteiger partial charge in [0.05, 0.1) is 12.6 Å². The molecule has 0 spiro atoms. The van der Waals surface area contributed by atoms with Gasteiger partial charge in [0.1, 0.15) is 6.04 Å². The molecule has 116 valence electrons. The lowest BCUT2D eigenvalue weighted by Crippen LogP contribution is -2.42. The standard InChI is InChI=1S/C17H16N4O2/c18-9-13-4-2-8-21(13)16(22)11-20-17(23)14-5-1-3-12-6-7-19-10-15(12)14/h1,3,5-7,10,13H,2,4,8,11H2,(H,20,23)/t13-/m0/s1. The number of benzene rings is 1. The van der Waals surface area contributed by atoms with Gasteiger partial charge in [-0.2, -0.15) is 5.26 Å². The summed E-state index contributed by atoms with van der Waals surface area (Å²) in [6.45, 7) is 0.471. The quantitative estimate of drug-likeness (QED) is 0.930. The Morgan fingerprint density at radius 3 is 3.09 bits per heavy atom. The zero-order valence-electron chi connectivity index (χ0n) is 12.5. The number of amides is 2. The van der Waals surface area contributed by atoms with Crippen LogP contribution in [0.4, 0.5) is 0 Å². The molecular weight excluding hydrogens is 292 g/mol. The number of hydrogen-bond acceptors (Lipinski definition) is 4. The smallest absolute Gasteiger partial charge is 0.252 e. The Morgan fingerprint density at radius 1 is 1.39 bits per heavy atom. The van der Waals surface area contributed by atoms with Gasteiger partial charge < -0.3 is 10.2 Å². The van der Waals surface area contributed by atoms with Crippen molar-refractivity contribution < 1.29 is 9.59 Å². The van der Waals surface area contributed by atoms with Gasteiger partial charge in [-0.05, 0) is 30.4 Å². The van der Waals surface area contributed by atoms with Gasteiger partial charge in [0.2, 0.25) is 5.91 Å². The second kappa shape index (κ2) is 6.44. The molecule has 6 heteroatoms. The molecule has 0 radical (unpaired) electrons. The Hall–Kier alpha value is -2.94. The number of nitrogens with one attached hydrogen (secondary N) is 1. The molecule has 6 nitrogen and oxygen atoms in total. The largest absolute Gasteiger partial charge is 0.343 e. The van der Waals surface area contributed by atoms with Crippen molar-refractivity contribution in [3.63, 3.8) is 0 Å². The minimum absolute atomic E-state index is 0.104. The highest BCUT2D eigenvalue weighted by atomic mass is 16.2. The maximum absolute atomic E-state index is 12.4.